The van der Waals surface area contributed by atoms with Crippen LogP contribution in [0.25, 0.3) is 32.9 Å². The number of anilines is 2. The predicted octanol–water partition coefficient (Wildman–Crippen LogP) is 5.70. The van der Waals surface area contributed by atoms with Crippen LogP contribution in [0.15, 0.2) is 42.6 Å². The summed E-state index contributed by atoms with van der Waals surface area (Å²) >= 11 is 0. The average Bonchev–Trinajstić information content (AvgIpc) is 3.55. The molecule has 3 aromatic heterocycles. The fraction of sp³-hybridized carbons (Fsp3) is 0.333. The molecule has 49 heavy (non-hydrogen) atoms. The molecule has 10 nitrogen and oxygen atoms in total. The molecule has 0 spiro atoms. The van der Waals surface area contributed by atoms with Crippen LogP contribution in [-0.4, -0.2) is 74.5 Å². The molecule has 0 amide bonds. The minimum atomic E-state index is -0.965. The maximum absolute atomic E-state index is 17.1. The van der Waals surface area contributed by atoms with Gasteiger partial charge in [0, 0.05) is 35.7 Å². The molecule has 0 saturated carbocycles. The van der Waals surface area contributed by atoms with Crippen LogP contribution >= 0.6 is 0 Å². The number of halogens is 3. The molecule has 6 heterocycles. The molecule has 3 aliphatic heterocycles. The number of ether oxygens (including phenoxy) is 2. The number of benzene rings is 2. The number of fused-ring (bicyclic) bond motifs is 2. The van der Waals surface area contributed by atoms with Crippen LogP contribution in [0.1, 0.15) is 43.4 Å². The van der Waals surface area contributed by atoms with Crippen molar-refractivity contribution in [1.82, 2.24) is 24.8 Å². The van der Waals surface area contributed by atoms with Gasteiger partial charge in [0.2, 0.25) is 5.88 Å². The fourth-order valence-corrected chi connectivity index (χ4v) is 7.73. The molecule has 3 N–H and O–H groups in total. The SMILES string of the molecule is C#Cc1c(F)ccc2cc(O)cc(-c3nc4c5c(nc(OC[C@@]67CCCN6C[C@H](F)C7)nc5c3F)N(C(C)c3cccnc3N)CCO4)c12. The Labute approximate surface area is 279 Å². The van der Waals surface area contributed by atoms with Crippen LogP contribution in [0.5, 0.6) is 17.6 Å². The van der Waals surface area contributed by atoms with E-state index in [1.165, 1.54) is 24.3 Å². The molecule has 1 unspecified atom stereocenters. The second-order valence-corrected chi connectivity index (χ2v) is 12.9. The Kier molecular flexibility index (Phi) is 7.37. The zero-order chi connectivity index (χ0) is 34.0. The van der Waals surface area contributed by atoms with Gasteiger partial charge in [0.1, 0.15) is 59.2 Å². The summed E-state index contributed by atoms with van der Waals surface area (Å²) in [6.45, 7) is 3.59. The lowest BCUT2D eigenvalue weighted by atomic mass is 9.95. The van der Waals surface area contributed by atoms with Gasteiger partial charge < -0.3 is 25.2 Å². The molecule has 2 saturated heterocycles. The van der Waals surface area contributed by atoms with Crippen molar-refractivity contribution in [3.8, 4) is 41.2 Å². The second-order valence-electron chi connectivity index (χ2n) is 12.9. The van der Waals surface area contributed by atoms with Gasteiger partial charge >= 0.3 is 6.01 Å². The molecule has 2 fully saturated rings. The first-order valence-electron chi connectivity index (χ1n) is 16.1. The van der Waals surface area contributed by atoms with E-state index < -0.39 is 23.3 Å². The molecule has 0 radical (unpaired) electrons. The molecule has 5 aromatic rings. The third-order valence-corrected chi connectivity index (χ3v) is 10.0. The monoisotopic (exact) mass is 667 g/mol. The van der Waals surface area contributed by atoms with E-state index in [0.29, 0.717) is 36.5 Å². The number of hydrogen-bond donors (Lipinski definition) is 2. The third kappa shape index (κ3) is 5.01. The highest BCUT2D eigenvalue weighted by Gasteiger charge is 2.49. The number of alkyl halides is 1. The van der Waals surface area contributed by atoms with Crippen LogP contribution in [0, 0.1) is 24.0 Å². The van der Waals surface area contributed by atoms with Gasteiger partial charge in [-0.1, -0.05) is 18.1 Å². The van der Waals surface area contributed by atoms with E-state index in [9.17, 15) is 13.9 Å². The average molecular weight is 668 g/mol. The Hall–Kier alpha value is -5.35. The van der Waals surface area contributed by atoms with Crippen LogP contribution in [0.2, 0.25) is 0 Å². The van der Waals surface area contributed by atoms with Crippen molar-refractivity contribution in [2.75, 3.05) is 43.5 Å². The standard InChI is InChI=1S/C36H32F3N7O3/c1-3-23-26(38)8-7-20-14-22(47)15-25(27(20)23)30-29(39)31-28-33(44-35(43-31)49-18-36-9-5-11-45(36)17-21(37)16-36)46(12-13-48-34(28)42-30)19(2)24-6-4-10-41-32(24)40/h1,4,6-8,10,14-15,19,21,47H,5,9,11-13,16-18H2,2H3,(H2,40,41)/t19?,21-,36+/m1/s1. The minimum absolute atomic E-state index is 0.0357. The lowest BCUT2D eigenvalue weighted by Gasteiger charge is -2.32. The van der Waals surface area contributed by atoms with E-state index in [4.69, 9.17) is 26.6 Å². The molecule has 2 aromatic carbocycles. The van der Waals surface area contributed by atoms with Crippen molar-refractivity contribution in [2.45, 2.75) is 43.9 Å². The number of nitrogen functional groups attached to an aromatic ring is 1. The lowest BCUT2D eigenvalue weighted by molar-refractivity contribution is 0.107. The number of hydrogen-bond acceptors (Lipinski definition) is 10. The molecular formula is C36H32F3N7O3. The van der Waals surface area contributed by atoms with Crippen LogP contribution in [-0.2, 0) is 0 Å². The summed E-state index contributed by atoms with van der Waals surface area (Å²) in [5.41, 5.74) is 6.02. The van der Waals surface area contributed by atoms with E-state index in [2.05, 4.69) is 25.8 Å². The van der Waals surface area contributed by atoms with Crippen molar-refractivity contribution in [1.29, 1.82) is 0 Å². The number of pyridine rings is 2. The van der Waals surface area contributed by atoms with Gasteiger partial charge in [-0.15, -0.1) is 6.42 Å². The predicted molar refractivity (Wildman–Crippen MR) is 178 cm³/mol. The number of aromatic nitrogens is 4. The molecule has 3 atom stereocenters. The smallest absolute Gasteiger partial charge is 0.319 e. The number of rotatable bonds is 6. The maximum Gasteiger partial charge on any atom is 0.319 e. The molecule has 0 bridgehead atoms. The highest BCUT2D eigenvalue weighted by Crippen LogP contribution is 2.45. The van der Waals surface area contributed by atoms with Gasteiger partial charge in [-0.2, -0.15) is 9.97 Å². The Morgan fingerprint density at radius 2 is 2.04 bits per heavy atom. The van der Waals surface area contributed by atoms with E-state index in [-0.39, 0.29) is 70.0 Å². The van der Waals surface area contributed by atoms with E-state index in [1.807, 2.05) is 17.9 Å². The van der Waals surface area contributed by atoms with Crippen LogP contribution < -0.4 is 20.1 Å². The summed E-state index contributed by atoms with van der Waals surface area (Å²) in [5.74, 6) is 1.26. The summed E-state index contributed by atoms with van der Waals surface area (Å²) in [6.07, 6.45) is 8.35. The topological polar surface area (TPSA) is 123 Å². The Bertz CT molecular complexity index is 2190. The molecule has 250 valence electrons. The number of nitrogens with two attached hydrogens (primary N) is 1. The lowest BCUT2D eigenvalue weighted by Crippen LogP contribution is -2.43. The summed E-state index contributed by atoms with van der Waals surface area (Å²) in [4.78, 5) is 22.2. The van der Waals surface area contributed by atoms with Gasteiger partial charge in [0.05, 0.1) is 23.7 Å². The molecule has 8 rings (SSSR count). The van der Waals surface area contributed by atoms with Crippen molar-refractivity contribution < 1.29 is 27.8 Å². The van der Waals surface area contributed by atoms with Gasteiger partial charge in [-0.3, -0.25) is 4.90 Å². The highest BCUT2D eigenvalue weighted by molar-refractivity contribution is 6.04. The summed E-state index contributed by atoms with van der Waals surface area (Å²) in [7, 11) is 0. The number of phenols is 1. The Morgan fingerprint density at radius 3 is 2.86 bits per heavy atom. The molecule has 0 aliphatic carbocycles. The zero-order valence-corrected chi connectivity index (χ0v) is 26.6. The Balaban J connectivity index is 1.34. The van der Waals surface area contributed by atoms with Gasteiger partial charge in [-0.25, -0.2) is 23.1 Å². The molecule has 3 aliphatic rings. The van der Waals surface area contributed by atoms with E-state index in [1.54, 1.807) is 12.3 Å². The van der Waals surface area contributed by atoms with E-state index >= 15 is 4.39 Å². The normalized spacial score (nSPS) is 21.0. The number of nitrogens with zero attached hydrogens (tertiary/aromatic N) is 6. The number of terminal acetylenes is 1. The van der Waals surface area contributed by atoms with Gasteiger partial charge in [0.15, 0.2) is 5.82 Å². The molecule has 13 heteroatoms. The first-order chi connectivity index (χ1) is 23.7. The van der Waals surface area contributed by atoms with Gasteiger partial charge in [-0.05, 0) is 56.0 Å². The minimum Gasteiger partial charge on any atom is -0.508 e. The zero-order valence-electron chi connectivity index (χ0n) is 26.6. The number of aromatic hydroxyl groups is 1. The first kappa shape index (κ1) is 31.0. The fourth-order valence-electron chi connectivity index (χ4n) is 7.73. The number of phenolic OH excluding ortho intramolecular Hbond substituents is 1. The summed E-state index contributed by atoms with van der Waals surface area (Å²) in [5, 5.41) is 11.4. The molecular weight excluding hydrogens is 635 g/mol. The second kappa shape index (κ2) is 11.7. The highest BCUT2D eigenvalue weighted by atomic mass is 19.1. The Morgan fingerprint density at radius 1 is 1.18 bits per heavy atom. The van der Waals surface area contributed by atoms with Crippen molar-refractivity contribution in [2.24, 2.45) is 0 Å². The summed E-state index contributed by atoms with van der Waals surface area (Å²) in [6, 6.07) is 8.47. The third-order valence-electron chi connectivity index (χ3n) is 10.0. The largest absolute Gasteiger partial charge is 0.508 e. The van der Waals surface area contributed by atoms with E-state index in [0.717, 1.165) is 24.9 Å². The van der Waals surface area contributed by atoms with Crippen LogP contribution in [0.4, 0.5) is 24.8 Å². The summed E-state index contributed by atoms with van der Waals surface area (Å²) < 4.78 is 59.1. The van der Waals surface area contributed by atoms with Crippen molar-refractivity contribution in [3.63, 3.8) is 0 Å². The van der Waals surface area contributed by atoms with Crippen molar-refractivity contribution >= 4 is 33.3 Å². The van der Waals surface area contributed by atoms with Crippen molar-refractivity contribution in [3.05, 3.63) is 65.4 Å². The van der Waals surface area contributed by atoms with Crippen LogP contribution in [0.3, 0.4) is 0 Å². The quantitative estimate of drug-likeness (QED) is 0.218. The first-order valence-corrected chi connectivity index (χ1v) is 16.1. The van der Waals surface area contributed by atoms with Gasteiger partial charge in [0.25, 0.3) is 0 Å². The maximum atomic E-state index is 17.1.